The monoisotopic (exact) mass is 472 g/mol. The predicted octanol–water partition coefficient (Wildman–Crippen LogP) is 5.02. The number of benzene rings is 4. The lowest BCUT2D eigenvalue weighted by molar-refractivity contribution is 0.0398. The van der Waals surface area contributed by atoms with Crippen molar-refractivity contribution in [3.05, 3.63) is 120 Å². The maximum absolute atomic E-state index is 11.8. The summed E-state index contributed by atoms with van der Waals surface area (Å²) in [7, 11) is 3.83. The zero-order chi connectivity index (χ0) is 24.2. The van der Waals surface area contributed by atoms with Gasteiger partial charge >= 0.3 is 11.9 Å². The van der Waals surface area contributed by atoms with Gasteiger partial charge in [0.2, 0.25) is 0 Å². The van der Waals surface area contributed by atoms with Gasteiger partial charge in [0, 0.05) is 0 Å². The molecule has 0 spiro atoms. The zero-order valence-corrected chi connectivity index (χ0v) is 19.9. The van der Waals surface area contributed by atoms with Crippen molar-refractivity contribution < 1.29 is 23.8 Å². The van der Waals surface area contributed by atoms with E-state index in [0.29, 0.717) is 11.5 Å². The number of rotatable bonds is 6. The highest BCUT2D eigenvalue weighted by atomic mass is 31.1. The van der Waals surface area contributed by atoms with E-state index in [4.69, 9.17) is 14.2 Å². The van der Waals surface area contributed by atoms with Gasteiger partial charge in [-0.3, -0.25) is 0 Å². The number of carbonyl (C=O) groups excluding carboxylic acids is 2. The van der Waals surface area contributed by atoms with E-state index in [0.717, 1.165) is 8.58 Å². The number of hydrogen-bond acceptors (Lipinski definition) is 5. The zero-order valence-electron chi connectivity index (χ0n) is 18.9. The van der Waals surface area contributed by atoms with Gasteiger partial charge in [0.1, 0.15) is 11.5 Å². The van der Waals surface area contributed by atoms with Crippen LogP contribution in [0.3, 0.4) is 0 Å². The van der Waals surface area contributed by atoms with Gasteiger partial charge in [-0.15, -0.1) is 0 Å². The van der Waals surface area contributed by atoms with Crippen LogP contribution in [0.5, 0.6) is 11.5 Å². The summed E-state index contributed by atoms with van der Waals surface area (Å²) < 4.78 is 14.8. The maximum atomic E-state index is 11.8. The topological polar surface area (TPSA) is 61.8 Å². The van der Waals surface area contributed by atoms with Crippen LogP contribution in [0, 0.1) is 0 Å². The molecule has 4 aromatic carbocycles. The highest BCUT2D eigenvalue weighted by molar-refractivity contribution is 7.55. The molecule has 0 radical (unpaired) electrons. The van der Waals surface area contributed by atoms with E-state index in [1.807, 2.05) is 0 Å². The highest BCUT2D eigenvalue weighted by Gasteiger charge is 2.15. The van der Waals surface area contributed by atoms with Crippen molar-refractivity contribution >= 4 is 31.1 Å². The van der Waals surface area contributed by atoms with Crippen molar-refractivity contribution in [1.82, 2.24) is 0 Å². The Morgan fingerprint density at radius 1 is 0.529 bits per heavy atom. The third kappa shape index (κ3) is 7.58. The quantitative estimate of drug-likeness (QED) is 0.224. The van der Waals surface area contributed by atoms with Gasteiger partial charge in [-0.25, -0.2) is 9.59 Å². The summed E-state index contributed by atoms with van der Waals surface area (Å²) in [6.45, 7) is 0. The van der Waals surface area contributed by atoms with Gasteiger partial charge in [0.05, 0.1) is 25.3 Å². The van der Waals surface area contributed by atoms with Crippen LogP contribution in [0.1, 0.15) is 20.7 Å². The SMILES string of the molecule is COc1ccc(C(=O)OC(=O)c2ccc(OC)cc2)cc1.c1ccc(Pc2ccccc2)cc1. The molecule has 0 unspecified atom stereocenters. The minimum atomic E-state index is -0.710. The minimum Gasteiger partial charge on any atom is -0.497 e. The standard InChI is InChI=1S/C16H14O5.C12H11P/c1-19-13-7-3-11(4-8-13)15(17)21-16(18)12-5-9-14(20-2)10-6-12;1-3-7-11(8-4-1)13-12-9-5-2-6-10-12/h3-10H,1-2H3;1-10,13H. The van der Waals surface area contributed by atoms with Gasteiger partial charge in [-0.1, -0.05) is 69.2 Å². The molecule has 6 heteroatoms. The van der Waals surface area contributed by atoms with Gasteiger partial charge < -0.3 is 14.2 Å². The van der Waals surface area contributed by atoms with Crippen molar-refractivity contribution in [2.45, 2.75) is 0 Å². The molecular formula is C28H25O5P. The Morgan fingerprint density at radius 2 is 0.882 bits per heavy atom. The molecule has 4 rings (SSSR count). The van der Waals surface area contributed by atoms with Crippen molar-refractivity contribution in [1.29, 1.82) is 0 Å². The third-order valence-electron chi connectivity index (χ3n) is 4.67. The lowest BCUT2D eigenvalue weighted by Crippen LogP contribution is -2.12. The van der Waals surface area contributed by atoms with Crippen LogP contribution < -0.4 is 20.1 Å². The second kappa shape index (κ2) is 12.9. The molecule has 0 saturated heterocycles. The summed E-state index contributed by atoms with van der Waals surface area (Å²) in [5.41, 5.74) is 0.551. The molecule has 0 atom stereocenters. The van der Waals surface area contributed by atoms with Gasteiger partial charge in [0.25, 0.3) is 0 Å². The summed E-state index contributed by atoms with van der Waals surface area (Å²) in [5, 5.41) is 2.79. The van der Waals surface area contributed by atoms with Crippen LogP contribution in [0.2, 0.25) is 0 Å². The highest BCUT2D eigenvalue weighted by Crippen LogP contribution is 2.15. The summed E-state index contributed by atoms with van der Waals surface area (Å²) in [4.78, 5) is 23.7. The van der Waals surface area contributed by atoms with Crippen LogP contribution in [0.4, 0.5) is 0 Å². The Labute approximate surface area is 201 Å². The van der Waals surface area contributed by atoms with E-state index in [1.165, 1.54) is 49.1 Å². The molecular weight excluding hydrogens is 447 g/mol. The Bertz CT molecular complexity index is 1080. The minimum absolute atomic E-state index is 0.276. The Balaban J connectivity index is 0.000000212. The molecule has 0 aromatic heterocycles. The van der Waals surface area contributed by atoms with Crippen LogP contribution in [0.25, 0.3) is 0 Å². The van der Waals surface area contributed by atoms with E-state index >= 15 is 0 Å². The molecule has 0 bridgehead atoms. The average Bonchev–Trinajstić information content (AvgIpc) is 2.90. The molecule has 172 valence electrons. The number of carbonyl (C=O) groups is 2. The van der Waals surface area contributed by atoms with E-state index in [1.54, 1.807) is 24.3 Å². The number of hydrogen-bond donors (Lipinski definition) is 0. The predicted molar refractivity (Wildman–Crippen MR) is 136 cm³/mol. The van der Waals surface area contributed by atoms with Crippen molar-refractivity contribution in [3.63, 3.8) is 0 Å². The van der Waals surface area contributed by atoms with Crippen LogP contribution in [-0.2, 0) is 4.74 Å². The van der Waals surface area contributed by atoms with Gasteiger partial charge in [0.15, 0.2) is 0 Å². The van der Waals surface area contributed by atoms with E-state index in [-0.39, 0.29) is 11.1 Å². The smallest absolute Gasteiger partial charge is 0.346 e. The second-order valence-electron chi connectivity index (χ2n) is 6.99. The lowest BCUT2D eigenvalue weighted by Gasteiger charge is -2.05. The summed E-state index contributed by atoms with van der Waals surface area (Å²) in [6, 6.07) is 33.8. The number of esters is 2. The molecule has 0 amide bonds. The van der Waals surface area contributed by atoms with E-state index < -0.39 is 11.9 Å². The molecule has 0 fully saturated rings. The molecule has 0 N–H and O–H groups in total. The van der Waals surface area contributed by atoms with E-state index in [2.05, 4.69) is 60.7 Å². The average molecular weight is 472 g/mol. The van der Waals surface area contributed by atoms with Crippen LogP contribution in [0.15, 0.2) is 109 Å². The fraction of sp³-hybridized carbons (Fsp3) is 0.0714. The maximum Gasteiger partial charge on any atom is 0.346 e. The first kappa shape index (κ1) is 24.7. The van der Waals surface area contributed by atoms with Crippen LogP contribution >= 0.6 is 8.58 Å². The molecule has 0 aliphatic carbocycles. The first-order chi connectivity index (χ1) is 16.6. The largest absolute Gasteiger partial charge is 0.497 e. The summed E-state index contributed by atoms with van der Waals surface area (Å²) in [5.74, 6) is -0.182. The molecule has 0 aliphatic rings. The molecule has 0 heterocycles. The summed E-state index contributed by atoms with van der Waals surface area (Å²) in [6.07, 6.45) is 0. The van der Waals surface area contributed by atoms with Crippen molar-refractivity contribution in [2.75, 3.05) is 14.2 Å². The molecule has 0 saturated carbocycles. The first-order valence-corrected chi connectivity index (χ1v) is 11.5. The molecule has 0 aliphatic heterocycles. The Hall–Kier alpha value is -3.95. The fourth-order valence-corrected chi connectivity index (χ4v) is 3.92. The van der Waals surface area contributed by atoms with Crippen molar-refractivity contribution in [2.24, 2.45) is 0 Å². The van der Waals surface area contributed by atoms with Crippen LogP contribution in [-0.4, -0.2) is 26.2 Å². The number of ether oxygens (including phenoxy) is 3. The molecule has 4 aromatic rings. The first-order valence-electron chi connectivity index (χ1n) is 10.5. The Morgan fingerprint density at radius 3 is 1.21 bits per heavy atom. The lowest BCUT2D eigenvalue weighted by atomic mass is 10.2. The van der Waals surface area contributed by atoms with Crippen molar-refractivity contribution in [3.8, 4) is 11.5 Å². The van der Waals surface area contributed by atoms with Gasteiger partial charge in [-0.05, 0) is 59.1 Å². The normalized spacial score (nSPS) is 9.82. The summed E-state index contributed by atoms with van der Waals surface area (Å²) >= 11 is 0. The third-order valence-corrected chi connectivity index (χ3v) is 5.92. The Kier molecular flexibility index (Phi) is 9.39. The van der Waals surface area contributed by atoms with E-state index in [9.17, 15) is 9.59 Å². The second-order valence-corrected chi connectivity index (χ2v) is 8.40. The molecule has 34 heavy (non-hydrogen) atoms. The van der Waals surface area contributed by atoms with Gasteiger partial charge in [-0.2, -0.15) is 0 Å². The molecule has 5 nitrogen and oxygen atoms in total. The fourth-order valence-electron chi connectivity index (χ4n) is 2.87. The number of methoxy groups -OCH3 is 2.